The van der Waals surface area contributed by atoms with Gasteiger partial charge in [0.25, 0.3) is 0 Å². The van der Waals surface area contributed by atoms with Crippen LogP contribution in [0.25, 0.3) is 0 Å². The Morgan fingerprint density at radius 2 is 1.86 bits per heavy atom. The summed E-state index contributed by atoms with van der Waals surface area (Å²) < 4.78 is 39.5. The van der Waals surface area contributed by atoms with E-state index in [0.29, 0.717) is 0 Å². The second-order valence-corrected chi connectivity index (χ2v) is 6.01. The molecule has 21 heavy (non-hydrogen) atoms. The monoisotopic (exact) mass is 302 g/mol. The van der Waals surface area contributed by atoms with E-state index in [1.807, 2.05) is 0 Å². The Hall–Kier alpha value is -1.86. The van der Waals surface area contributed by atoms with Crippen molar-refractivity contribution in [1.82, 2.24) is 14.9 Å². The van der Waals surface area contributed by atoms with Crippen LogP contribution in [0.2, 0.25) is 0 Å². The van der Waals surface area contributed by atoms with E-state index >= 15 is 0 Å². The molecule has 0 radical (unpaired) electrons. The summed E-state index contributed by atoms with van der Waals surface area (Å²) in [6, 6.07) is 0. The van der Waals surface area contributed by atoms with Crippen molar-refractivity contribution in [3.8, 4) is 0 Å². The molecule has 0 bridgehead atoms. The number of fused-ring (bicyclic) bond motifs is 1. The number of alkyl halides is 3. The van der Waals surface area contributed by atoms with Crippen molar-refractivity contribution in [2.75, 3.05) is 6.54 Å². The first kappa shape index (κ1) is 15.5. The van der Waals surface area contributed by atoms with Gasteiger partial charge in [-0.2, -0.15) is 13.2 Å². The Morgan fingerprint density at radius 1 is 1.24 bits per heavy atom. The number of carboxylic acid groups (broad SMARTS) is 1. The highest BCUT2D eigenvalue weighted by Gasteiger charge is 2.39. The molecule has 8 heteroatoms. The van der Waals surface area contributed by atoms with Crippen molar-refractivity contribution in [3.05, 3.63) is 22.8 Å². The molecule has 0 spiro atoms. The summed E-state index contributed by atoms with van der Waals surface area (Å²) in [4.78, 5) is 19.7. The largest absolute Gasteiger partial charge is 0.530 e. The van der Waals surface area contributed by atoms with E-state index < -0.39 is 23.4 Å². The van der Waals surface area contributed by atoms with E-state index in [9.17, 15) is 23.1 Å². The number of hydrogen-bond acceptors (Lipinski definition) is 4. The van der Waals surface area contributed by atoms with E-state index in [1.165, 1.54) is 0 Å². The number of carbonyl (C=O) groups is 1. The van der Waals surface area contributed by atoms with Crippen LogP contribution in [0.3, 0.4) is 0 Å². The molecule has 0 saturated carbocycles. The maximum atomic E-state index is 13.2. The zero-order chi connectivity index (χ0) is 16.0. The fourth-order valence-electron chi connectivity index (χ4n) is 2.16. The van der Waals surface area contributed by atoms with Crippen LogP contribution in [0, 0.1) is 0 Å². The number of nitrogens with zero attached hydrogens (tertiary/aromatic N) is 3. The van der Waals surface area contributed by atoms with Crippen molar-refractivity contribution in [1.29, 1.82) is 0 Å². The second kappa shape index (κ2) is 4.85. The van der Waals surface area contributed by atoms with Crippen molar-refractivity contribution < 1.29 is 23.1 Å². The molecule has 116 valence electrons. The number of amides is 1. The molecule has 0 saturated heterocycles. The first-order valence-electron chi connectivity index (χ1n) is 6.43. The van der Waals surface area contributed by atoms with Crippen LogP contribution in [0.4, 0.5) is 18.0 Å². The molecule has 1 aliphatic heterocycles. The van der Waals surface area contributed by atoms with Gasteiger partial charge in [0.05, 0.1) is 12.2 Å². The lowest BCUT2D eigenvalue weighted by Gasteiger charge is -2.32. The Morgan fingerprint density at radius 3 is 2.33 bits per heavy atom. The molecule has 0 atom stereocenters. The molecule has 0 unspecified atom stereocenters. The average Bonchev–Trinajstić information content (AvgIpc) is 2.34. The van der Waals surface area contributed by atoms with Crippen molar-refractivity contribution in [2.45, 2.75) is 45.3 Å². The molecule has 1 aromatic heterocycles. The van der Waals surface area contributed by atoms with Crippen molar-refractivity contribution >= 4 is 6.09 Å². The Bertz CT molecular complexity index is 579. The van der Waals surface area contributed by atoms with Crippen LogP contribution in [0.5, 0.6) is 0 Å². The summed E-state index contributed by atoms with van der Waals surface area (Å²) in [6.07, 6.45) is -6.07. The molecule has 0 N–H and O–H groups in total. The highest BCUT2D eigenvalue weighted by molar-refractivity contribution is 5.63. The fourth-order valence-corrected chi connectivity index (χ4v) is 2.16. The van der Waals surface area contributed by atoms with E-state index in [0.717, 1.165) is 4.90 Å². The summed E-state index contributed by atoms with van der Waals surface area (Å²) >= 11 is 0. The van der Waals surface area contributed by atoms with Gasteiger partial charge in [-0.3, -0.25) is 0 Å². The van der Waals surface area contributed by atoms with E-state index in [2.05, 4.69) is 9.97 Å². The zero-order valence-electron chi connectivity index (χ0n) is 11.9. The molecule has 1 aliphatic rings. The number of halogens is 3. The Labute approximate surface area is 119 Å². The lowest BCUT2D eigenvalue weighted by Crippen LogP contribution is -2.45. The van der Waals surface area contributed by atoms with Crippen molar-refractivity contribution in [3.63, 3.8) is 0 Å². The minimum absolute atomic E-state index is 0.0204. The molecule has 1 amide bonds. The second-order valence-electron chi connectivity index (χ2n) is 6.01. The quantitative estimate of drug-likeness (QED) is 0.728. The van der Waals surface area contributed by atoms with Gasteiger partial charge in [0.2, 0.25) is 0 Å². The highest BCUT2D eigenvalue weighted by Crippen LogP contribution is 2.35. The minimum atomic E-state index is -4.59. The van der Waals surface area contributed by atoms with Crippen LogP contribution in [-0.4, -0.2) is 27.5 Å². The summed E-state index contributed by atoms with van der Waals surface area (Å²) in [5, 5.41) is 10.9. The maximum Gasteiger partial charge on any atom is 0.433 e. The van der Waals surface area contributed by atoms with Gasteiger partial charge in [0.1, 0.15) is 11.9 Å². The van der Waals surface area contributed by atoms with Gasteiger partial charge >= 0.3 is 6.18 Å². The molecule has 0 aromatic carbocycles. The van der Waals surface area contributed by atoms with Crippen LogP contribution in [-0.2, 0) is 24.6 Å². The van der Waals surface area contributed by atoms with Gasteiger partial charge in [0.15, 0.2) is 5.69 Å². The molecular weight excluding hydrogens is 287 g/mol. The maximum absolute atomic E-state index is 13.2. The lowest BCUT2D eigenvalue weighted by atomic mass is 9.94. The van der Waals surface area contributed by atoms with E-state index in [-0.39, 0.29) is 36.6 Å². The van der Waals surface area contributed by atoms with E-state index in [4.69, 9.17) is 0 Å². The molecule has 5 nitrogen and oxygen atoms in total. The van der Waals surface area contributed by atoms with Crippen LogP contribution < -0.4 is 5.11 Å². The third-order valence-corrected chi connectivity index (χ3v) is 3.26. The normalized spacial score (nSPS) is 15.8. The lowest BCUT2D eigenvalue weighted by molar-refractivity contribution is -0.266. The molecule has 0 fully saturated rings. The van der Waals surface area contributed by atoms with E-state index in [1.54, 1.807) is 20.8 Å². The topological polar surface area (TPSA) is 69.2 Å². The van der Waals surface area contributed by atoms with Gasteiger partial charge in [0, 0.05) is 17.5 Å². The molecule has 1 aromatic rings. The Kier molecular flexibility index (Phi) is 3.59. The third kappa shape index (κ3) is 3.08. The van der Waals surface area contributed by atoms with Crippen LogP contribution in [0.1, 0.15) is 43.5 Å². The fraction of sp³-hybridized carbons (Fsp3) is 0.615. The number of aromatic nitrogens is 2. The molecule has 2 rings (SSSR count). The summed E-state index contributed by atoms with van der Waals surface area (Å²) in [7, 11) is 0. The van der Waals surface area contributed by atoms with Gasteiger partial charge in [-0.1, -0.05) is 20.8 Å². The first-order valence-corrected chi connectivity index (χ1v) is 6.43. The SMILES string of the molecule is CC(C)(C)c1nc2c(c(C(F)(F)F)n1)CCN(C(=O)[O-])C2. The highest BCUT2D eigenvalue weighted by atomic mass is 19.4. The Balaban J connectivity index is 2.59. The van der Waals surface area contributed by atoms with Crippen LogP contribution in [0.15, 0.2) is 0 Å². The van der Waals surface area contributed by atoms with Gasteiger partial charge in [-0.05, 0) is 6.42 Å². The average molecular weight is 302 g/mol. The molecule has 2 heterocycles. The van der Waals surface area contributed by atoms with Crippen LogP contribution >= 0.6 is 0 Å². The minimum Gasteiger partial charge on any atom is -0.530 e. The van der Waals surface area contributed by atoms with Gasteiger partial charge < -0.3 is 14.8 Å². The smallest absolute Gasteiger partial charge is 0.433 e. The molecule has 0 aliphatic carbocycles. The summed E-state index contributed by atoms with van der Waals surface area (Å²) in [6.45, 7) is 4.86. The zero-order valence-corrected chi connectivity index (χ0v) is 11.9. The summed E-state index contributed by atoms with van der Waals surface area (Å²) in [5.74, 6) is 0.0498. The molecular formula is C13H15F3N3O2-. The third-order valence-electron chi connectivity index (χ3n) is 3.26. The van der Waals surface area contributed by atoms with Gasteiger partial charge in [-0.25, -0.2) is 9.97 Å². The first-order chi connectivity index (χ1) is 9.50. The number of rotatable bonds is 0. The summed E-state index contributed by atoms with van der Waals surface area (Å²) in [5.41, 5.74) is -1.54. The van der Waals surface area contributed by atoms with Crippen molar-refractivity contribution in [2.24, 2.45) is 0 Å². The number of hydrogen-bond donors (Lipinski definition) is 0. The predicted molar refractivity (Wildman–Crippen MR) is 65.2 cm³/mol. The van der Waals surface area contributed by atoms with Gasteiger partial charge in [-0.15, -0.1) is 0 Å². The standard InChI is InChI=1S/C13H16F3N3O2/c1-12(2,3)10-17-8-6-19(11(20)21)5-4-7(8)9(18-10)13(14,15)16/h4-6H2,1-3H3,(H,20,21)/p-1. The predicted octanol–water partition coefficient (Wildman–Crippen LogP) is 1.49. The number of carbonyl (C=O) groups excluding carboxylic acids is 1.